The van der Waals surface area contributed by atoms with Crippen LogP contribution in [0.15, 0.2) is 28.8 Å². The van der Waals surface area contributed by atoms with E-state index in [-0.39, 0.29) is 12.0 Å². The van der Waals surface area contributed by atoms with E-state index in [1.807, 2.05) is 12.1 Å². The third-order valence-corrected chi connectivity index (χ3v) is 4.42. The van der Waals surface area contributed by atoms with Gasteiger partial charge in [-0.3, -0.25) is 4.79 Å². The van der Waals surface area contributed by atoms with Crippen LogP contribution in [0.4, 0.5) is 0 Å². The maximum absolute atomic E-state index is 11.9. The molecule has 25 heavy (non-hydrogen) atoms. The van der Waals surface area contributed by atoms with Crippen LogP contribution in [0, 0.1) is 0 Å². The molecule has 0 spiro atoms. The Kier molecular flexibility index (Phi) is 5.81. The summed E-state index contributed by atoms with van der Waals surface area (Å²) in [5.41, 5.74) is 2.19. The van der Waals surface area contributed by atoms with Gasteiger partial charge < -0.3 is 14.6 Å². The molecule has 3 rings (SSSR count). The minimum atomic E-state index is -0.0171. The second-order valence-electron chi connectivity index (χ2n) is 6.73. The van der Waals surface area contributed by atoms with E-state index >= 15 is 0 Å². The van der Waals surface area contributed by atoms with E-state index in [4.69, 9.17) is 9.26 Å². The molecule has 0 unspecified atom stereocenters. The zero-order valence-corrected chi connectivity index (χ0v) is 14.8. The first-order chi connectivity index (χ1) is 12.1. The Hall–Kier alpha value is -2.21. The summed E-state index contributed by atoms with van der Waals surface area (Å²) in [7, 11) is 0. The summed E-state index contributed by atoms with van der Waals surface area (Å²) in [6.45, 7) is 5.69. The van der Waals surface area contributed by atoms with Crippen LogP contribution in [-0.4, -0.2) is 35.3 Å². The molecule has 1 amide bonds. The Labute approximate surface area is 148 Å². The number of carbonyl (C=O) groups excluding carboxylic acids is 1. The summed E-state index contributed by atoms with van der Waals surface area (Å²) in [6, 6.07) is 8.15. The summed E-state index contributed by atoms with van der Waals surface area (Å²) in [5, 5.41) is 6.91. The number of hydrogen-bond acceptors (Lipinski definition) is 5. The van der Waals surface area contributed by atoms with Gasteiger partial charge in [0.1, 0.15) is 0 Å². The minimum Gasteiger partial charge on any atom is -0.376 e. The molecule has 0 saturated carbocycles. The average Bonchev–Trinajstić information content (AvgIpc) is 3.30. The molecule has 1 N–H and O–H groups in total. The number of nitrogens with one attached hydrogen (secondary N) is 1. The molecule has 1 fully saturated rings. The van der Waals surface area contributed by atoms with Crippen molar-refractivity contribution in [1.29, 1.82) is 0 Å². The van der Waals surface area contributed by atoms with Crippen molar-refractivity contribution in [3.05, 3.63) is 35.7 Å². The van der Waals surface area contributed by atoms with Gasteiger partial charge in [-0.2, -0.15) is 4.98 Å². The first-order valence-electron chi connectivity index (χ1n) is 8.93. The first-order valence-corrected chi connectivity index (χ1v) is 8.93. The lowest BCUT2D eigenvalue weighted by molar-refractivity contribution is -0.121. The number of benzene rings is 1. The normalized spacial score (nSPS) is 17.2. The van der Waals surface area contributed by atoms with E-state index in [0.29, 0.717) is 37.0 Å². The number of nitrogens with zero attached hydrogens (tertiary/aromatic N) is 2. The van der Waals surface area contributed by atoms with Gasteiger partial charge in [0.05, 0.1) is 6.10 Å². The summed E-state index contributed by atoms with van der Waals surface area (Å²) < 4.78 is 10.7. The molecule has 6 nitrogen and oxygen atoms in total. The fourth-order valence-corrected chi connectivity index (χ4v) is 2.83. The van der Waals surface area contributed by atoms with Crippen LogP contribution in [0.5, 0.6) is 0 Å². The highest BCUT2D eigenvalue weighted by Crippen LogP contribution is 2.20. The molecule has 1 atom stereocenters. The predicted octanol–water partition coefficient (Wildman–Crippen LogP) is 3.09. The molecule has 1 saturated heterocycles. The fraction of sp³-hybridized carbons (Fsp3) is 0.526. The van der Waals surface area contributed by atoms with Crippen LogP contribution < -0.4 is 5.32 Å². The fourth-order valence-electron chi connectivity index (χ4n) is 2.83. The summed E-state index contributed by atoms with van der Waals surface area (Å²) in [5.74, 6) is 1.51. The van der Waals surface area contributed by atoms with Crippen molar-refractivity contribution in [1.82, 2.24) is 15.5 Å². The monoisotopic (exact) mass is 343 g/mol. The largest absolute Gasteiger partial charge is 0.376 e. The Morgan fingerprint density at radius 1 is 1.32 bits per heavy atom. The predicted molar refractivity (Wildman–Crippen MR) is 94.1 cm³/mol. The molecular formula is C19H25N3O3. The van der Waals surface area contributed by atoms with Gasteiger partial charge >= 0.3 is 0 Å². The highest BCUT2D eigenvalue weighted by molar-refractivity contribution is 5.76. The second kappa shape index (κ2) is 8.25. The van der Waals surface area contributed by atoms with Crippen molar-refractivity contribution >= 4 is 5.91 Å². The van der Waals surface area contributed by atoms with Gasteiger partial charge in [-0.25, -0.2) is 0 Å². The van der Waals surface area contributed by atoms with Gasteiger partial charge in [0.15, 0.2) is 0 Å². The van der Waals surface area contributed by atoms with E-state index < -0.39 is 0 Å². The maximum atomic E-state index is 11.9. The van der Waals surface area contributed by atoms with E-state index in [0.717, 1.165) is 25.0 Å². The standard InChI is InChI=1S/C19H25N3O3/c1-13(2)14-5-7-15(8-6-14)19-21-18(25-22-19)10-9-17(23)20-12-16-4-3-11-24-16/h5-8,13,16H,3-4,9-12H2,1-2H3,(H,20,23)/t16-/m0/s1. The summed E-state index contributed by atoms with van der Waals surface area (Å²) >= 11 is 0. The molecule has 2 aromatic rings. The lowest BCUT2D eigenvalue weighted by Gasteiger charge is -2.09. The molecular weight excluding hydrogens is 318 g/mol. The van der Waals surface area contributed by atoms with Crippen LogP contribution in [0.3, 0.4) is 0 Å². The van der Waals surface area contributed by atoms with Gasteiger partial charge in [-0.1, -0.05) is 43.3 Å². The molecule has 1 aliphatic rings. The minimum absolute atomic E-state index is 0.0171. The van der Waals surface area contributed by atoms with Crippen molar-refractivity contribution in [2.24, 2.45) is 0 Å². The Bertz CT molecular complexity index is 688. The SMILES string of the molecule is CC(C)c1ccc(-c2noc(CCC(=O)NC[C@@H]3CCCO3)n2)cc1. The Morgan fingerprint density at radius 3 is 2.80 bits per heavy atom. The van der Waals surface area contributed by atoms with Crippen LogP contribution in [0.2, 0.25) is 0 Å². The number of hydrogen-bond donors (Lipinski definition) is 1. The van der Waals surface area contributed by atoms with Crippen molar-refractivity contribution in [3.8, 4) is 11.4 Å². The number of ether oxygens (including phenoxy) is 1. The summed E-state index contributed by atoms with van der Waals surface area (Å²) in [6.07, 6.45) is 3.02. The molecule has 0 aliphatic carbocycles. The highest BCUT2D eigenvalue weighted by Gasteiger charge is 2.16. The van der Waals surface area contributed by atoms with Crippen LogP contribution in [0.1, 0.15) is 50.5 Å². The smallest absolute Gasteiger partial charge is 0.227 e. The number of carbonyl (C=O) groups is 1. The van der Waals surface area contributed by atoms with Crippen molar-refractivity contribution < 1.29 is 14.1 Å². The lowest BCUT2D eigenvalue weighted by atomic mass is 10.0. The highest BCUT2D eigenvalue weighted by atomic mass is 16.5. The summed E-state index contributed by atoms with van der Waals surface area (Å²) in [4.78, 5) is 16.3. The number of amides is 1. The van der Waals surface area contributed by atoms with Gasteiger partial charge in [-0.05, 0) is 24.3 Å². The molecule has 1 aliphatic heterocycles. The van der Waals surface area contributed by atoms with Crippen LogP contribution in [0.25, 0.3) is 11.4 Å². The topological polar surface area (TPSA) is 77.2 Å². The third-order valence-electron chi connectivity index (χ3n) is 4.42. The second-order valence-corrected chi connectivity index (χ2v) is 6.73. The molecule has 134 valence electrons. The van der Waals surface area contributed by atoms with E-state index in [1.165, 1.54) is 5.56 Å². The van der Waals surface area contributed by atoms with Gasteiger partial charge in [0, 0.05) is 31.6 Å². The van der Waals surface area contributed by atoms with Crippen molar-refractivity contribution in [2.45, 2.75) is 51.6 Å². The van der Waals surface area contributed by atoms with E-state index in [2.05, 4.69) is 41.4 Å². The van der Waals surface area contributed by atoms with Crippen molar-refractivity contribution in [2.75, 3.05) is 13.2 Å². The molecule has 1 aromatic heterocycles. The van der Waals surface area contributed by atoms with Gasteiger partial charge in [0.25, 0.3) is 0 Å². The number of rotatable bonds is 7. The molecule has 6 heteroatoms. The molecule has 0 bridgehead atoms. The van der Waals surface area contributed by atoms with Crippen LogP contribution >= 0.6 is 0 Å². The van der Waals surface area contributed by atoms with Gasteiger partial charge in [0.2, 0.25) is 17.6 Å². The molecule has 2 heterocycles. The third kappa shape index (κ3) is 4.89. The van der Waals surface area contributed by atoms with E-state index in [1.54, 1.807) is 0 Å². The average molecular weight is 343 g/mol. The number of aryl methyl sites for hydroxylation is 1. The Morgan fingerprint density at radius 2 is 2.12 bits per heavy atom. The van der Waals surface area contributed by atoms with E-state index in [9.17, 15) is 4.79 Å². The molecule has 1 aromatic carbocycles. The zero-order chi connectivity index (χ0) is 17.6. The number of aromatic nitrogens is 2. The maximum Gasteiger partial charge on any atom is 0.227 e. The van der Waals surface area contributed by atoms with Gasteiger partial charge in [-0.15, -0.1) is 0 Å². The lowest BCUT2D eigenvalue weighted by Crippen LogP contribution is -2.31. The zero-order valence-electron chi connectivity index (χ0n) is 14.8. The quantitative estimate of drug-likeness (QED) is 0.836. The van der Waals surface area contributed by atoms with Crippen LogP contribution in [-0.2, 0) is 16.0 Å². The molecule has 0 radical (unpaired) electrons. The van der Waals surface area contributed by atoms with Crippen molar-refractivity contribution in [3.63, 3.8) is 0 Å². The first kappa shape index (κ1) is 17.6. The Balaban J connectivity index is 1.48.